The molecule has 0 aliphatic carbocycles. The van der Waals surface area contributed by atoms with Crippen LogP contribution >= 0.6 is 58.7 Å². The van der Waals surface area contributed by atoms with E-state index in [1.807, 2.05) is 62.3 Å². The van der Waals surface area contributed by atoms with E-state index >= 15 is 0 Å². The molecule has 1 heterocycles. The Balaban J connectivity index is 0.00000320. The number of thiazole rings is 1. The molecule has 0 atom stereocenters. The molecule has 0 saturated heterocycles. The molecule has 0 fully saturated rings. The predicted octanol–water partition coefficient (Wildman–Crippen LogP) is 6.41. The lowest BCUT2D eigenvalue weighted by Gasteiger charge is -2.21. The molecule has 0 aliphatic rings. The molecule has 1 amide bonds. The Labute approximate surface area is 202 Å². The standard InChI is InChI=1S/C21H23Cl2N3OS2.ClH/c1-14-11-16(23)12-18-20(14)24-21(29-18)26(10-4-9-25(2)3)19(27)13-28-17-7-5-15(22)6-8-17;/h5-8,11-12H,4,9-10,13H2,1-3H3;1H. The Morgan fingerprint density at radius 1 is 1.10 bits per heavy atom. The molecule has 0 N–H and O–H groups in total. The van der Waals surface area contributed by atoms with Gasteiger partial charge in [0.2, 0.25) is 5.91 Å². The van der Waals surface area contributed by atoms with Crippen LogP contribution in [0.2, 0.25) is 10.0 Å². The molecular weight excluding hydrogens is 481 g/mol. The van der Waals surface area contributed by atoms with Gasteiger partial charge in [0.15, 0.2) is 5.13 Å². The number of anilines is 1. The minimum absolute atomic E-state index is 0. The molecule has 3 aromatic rings. The van der Waals surface area contributed by atoms with Crippen LogP contribution in [0.3, 0.4) is 0 Å². The summed E-state index contributed by atoms with van der Waals surface area (Å²) in [4.78, 5) is 22.8. The molecule has 162 valence electrons. The Morgan fingerprint density at radius 2 is 1.80 bits per heavy atom. The second kappa shape index (κ2) is 11.6. The number of amides is 1. The van der Waals surface area contributed by atoms with Gasteiger partial charge in [-0.25, -0.2) is 4.98 Å². The van der Waals surface area contributed by atoms with Crippen LogP contribution in [0, 0.1) is 6.92 Å². The van der Waals surface area contributed by atoms with E-state index < -0.39 is 0 Å². The van der Waals surface area contributed by atoms with Gasteiger partial charge in [-0.05, 0) is 75.9 Å². The molecule has 9 heteroatoms. The van der Waals surface area contributed by atoms with Gasteiger partial charge in [-0.1, -0.05) is 34.5 Å². The van der Waals surface area contributed by atoms with Crippen LogP contribution in [-0.4, -0.2) is 48.7 Å². The number of thioether (sulfide) groups is 1. The highest BCUT2D eigenvalue weighted by Gasteiger charge is 2.20. The van der Waals surface area contributed by atoms with Gasteiger partial charge >= 0.3 is 0 Å². The van der Waals surface area contributed by atoms with E-state index in [-0.39, 0.29) is 18.3 Å². The second-order valence-corrected chi connectivity index (χ2v) is 9.94. The van der Waals surface area contributed by atoms with Crippen molar-refractivity contribution >= 4 is 80.0 Å². The third-order valence-electron chi connectivity index (χ3n) is 4.33. The average Bonchev–Trinajstić information content (AvgIpc) is 3.08. The highest BCUT2D eigenvalue weighted by Crippen LogP contribution is 2.33. The molecule has 2 aromatic carbocycles. The van der Waals surface area contributed by atoms with Crippen molar-refractivity contribution in [2.75, 3.05) is 37.8 Å². The summed E-state index contributed by atoms with van der Waals surface area (Å²) in [6.07, 6.45) is 0.875. The molecular formula is C21H24Cl3N3OS2. The average molecular weight is 505 g/mol. The predicted molar refractivity (Wildman–Crippen MR) is 134 cm³/mol. The number of hydrogen-bond donors (Lipinski definition) is 0. The number of aryl methyl sites for hydroxylation is 1. The van der Waals surface area contributed by atoms with Crippen molar-refractivity contribution in [3.63, 3.8) is 0 Å². The molecule has 0 saturated carbocycles. The topological polar surface area (TPSA) is 36.4 Å². The summed E-state index contributed by atoms with van der Waals surface area (Å²) < 4.78 is 1.00. The van der Waals surface area contributed by atoms with Gasteiger partial charge in [-0.3, -0.25) is 9.69 Å². The lowest BCUT2D eigenvalue weighted by Crippen LogP contribution is -2.34. The highest BCUT2D eigenvalue weighted by atomic mass is 35.5. The fraction of sp³-hybridized carbons (Fsp3) is 0.333. The normalized spacial score (nSPS) is 11.0. The summed E-state index contributed by atoms with van der Waals surface area (Å²) >= 11 is 15.2. The molecule has 0 bridgehead atoms. The largest absolute Gasteiger partial charge is 0.309 e. The summed E-state index contributed by atoms with van der Waals surface area (Å²) in [5.41, 5.74) is 1.93. The maximum atomic E-state index is 13.1. The van der Waals surface area contributed by atoms with Gasteiger partial charge in [0, 0.05) is 21.5 Å². The lowest BCUT2D eigenvalue weighted by atomic mass is 10.2. The number of rotatable bonds is 8. The maximum absolute atomic E-state index is 13.1. The first-order valence-corrected chi connectivity index (χ1v) is 11.8. The Kier molecular flexibility index (Phi) is 9.72. The van der Waals surface area contributed by atoms with Crippen molar-refractivity contribution in [1.29, 1.82) is 0 Å². The molecule has 0 unspecified atom stereocenters. The fourth-order valence-electron chi connectivity index (χ4n) is 2.88. The van der Waals surface area contributed by atoms with Crippen molar-refractivity contribution in [3.8, 4) is 0 Å². The van der Waals surface area contributed by atoms with Crippen molar-refractivity contribution in [1.82, 2.24) is 9.88 Å². The summed E-state index contributed by atoms with van der Waals surface area (Å²) in [5, 5.41) is 2.11. The SMILES string of the molecule is Cc1cc(Cl)cc2sc(N(CCCN(C)C)C(=O)CSc3ccc(Cl)cc3)nc12.Cl. The number of nitrogens with zero attached hydrogens (tertiary/aromatic N) is 3. The third kappa shape index (κ3) is 6.74. The number of carbonyl (C=O) groups excluding carboxylic acids is 1. The van der Waals surface area contributed by atoms with Crippen molar-refractivity contribution < 1.29 is 4.79 Å². The first kappa shape index (κ1) is 25.2. The Hall–Kier alpha value is -1.02. The van der Waals surface area contributed by atoms with Crippen LogP contribution in [0.25, 0.3) is 10.2 Å². The minimum atomic E-state index is 0. The third-order valence-corrected chi connectivity index (χ3v) is 6.83. The zero-order valence-corrected chi connectivity index (χ0v) is 21.0. The van der Waals surface area contributed by atoms with Crippen LogP contribution in [0.4, 0.5) is 5.13 Å². The number of hydrogen-bond acceptors (Lipinski definition) is 5. The maximum Gasteiger partial charge on any atom is 0.239 e. The van der Waals surface area contributed by atoms with Crippen molar-refractivity contribution in [3.05, 3.63) is 52.0 Å². The van der Waals surface area contributed by atoms with Gasteiger partial charge in [0.05, 0.1) is 16.0 Å². The van der Waals surface area contributed by atoms with E-state index in [4.69, 9.17) is 28.2 Å². The molecule has 3 rings (SSSR count). The van der Waals surface area contributed by atoms with Crippen LogP contribution in [0.1, 0.15) is 12.0 Å². The number of fused-ring (bicyclic) bond motifs is 1. The van der Waals surface area contributed by atoms with E-state index in [1.54, 1.807) is 0 Å². The van der Waals surface area contributed by atoms with Crippen molar-refractivity contribution in [2.24, 2.45) is 0 Å². The van der Waals surface area contributed by atoms with E-state index in [2.05, 4.69) is 4.90 Å². The van der Waals surface area contributed by atoms with E-state index in [0.29, 0.717) is 22.3 Å². The van der Waals surface area contributed by atoms with Crippen LogP contribution < -0.4 is 4.90 Å². The van der Waals surface area contributed by atoms with E-state index in [0.717, 1.165) is 38.8 Å². The van der Waals surface area contributed by atoms with Crippen molar-refractivity contribution in [2.45, 2.75) is 18.2 Å². The van der Waals surface area contributed by atoms with Gasteiger partial charge in [-0.2, -0.15) is 0 Å². The van der Waals surface area contributed by atoms with E-state index in [1.165, 1.54) is 23.1 Å². The molecule has 0 radical (unpaired) electrons. The number of aromatic nitrogens is 1. The molecule has 30 heavy (non-hydrogen) atoms. The first-order valence-electron chi connectivity index (χ1n) is 9.23. The Morgan fingerprint density at radius 3 is 2.47 bits per heavy atom. The molecule has 0 aliphatic heterocycles. The summed E-state index contributed by atoms with van der Waals surface area (Å²) in [5.74, 6) is 0.394. The van der Waals surface area contributed by atoms with Gasteiger partial charge < -0.3 is 4.90 Å². The lowest BCUT2D eigenvalue weighted by molar-refractivity contribution is -0.116. The van der Waals surface area contributed by atoms with Crippen LogP contribution in [0.5, 0.6) is 0 Å². The highest BCUT2D eigenvalue weighted by molar-refractivity contribution is 8.00. The molecule has 0 spiro atoms. The van der Waals surface area contributed by atoms with Gasteiger partial charge in [0.25, 0.3) is 0 Å². The van der Waals surface area contributed by atoms with Crippen LogP contribution in [0.15, 0.2) is 41.3 Å². The zero-order valence-electron chi connectivity index (χ0n) is 17.0. The Bertz CT molecular complexity index is 993. The van der Waals surface area contributed by atoms with Crippen LogP contribution in [-0.2, 0) is 4.79 Å². The molecule has 4 nitrogen and oxygen atoms in total. The smallest absolute Gasteiger partial charge is 0.239 e. The number of carbonyl (C=O) groups is 1. The fourth-order valence-corrected chi connectivity index (χ4v) is 5.25. The number of benzene rings is 2. The summed E-state index contributed by atoms with van der Waals surface area (Å²) in [6.45, 7) is 3.53. The van der Waals surface area contributed by atoms with Gasteiger partial charge in [-0.15, -0.1) is 24.2 Å². The number of halogens is 3. The van der Waals surface area contributed by atoms with Gasteiger partial charge in [0.1, 0.15) is 0 Å². The minimum Gasteiger partial charge on any atom is -0.309 e. The first-order chi connectivity index (χ1) is 13.8. The monoisotopic (exact) mass is 503 g/mol. The van der Waals surface area contributed by atoms with E-state index in [9.17, 15) is 4.79 Å². The summed E-state index contributed by atoms with van der Waals surface area (Å²) in [6, 6.07) is 11.4. The molecule has 1 aromatic heterocycles. The quantitative estimate of drug-likeness (QED) is 0.332. The summed E-state index contributed by atoms with van der Waals surface area (Å²) in [7, 11) is 4.07. The zero-order chi connectivity index (χ0) is 21.0. The second-order valence-electron chi connectivity index (χ2n) is 7.01.